The van der Waals surface area contributed by atoms with Crippen LogP contribution in [0.15, 0.2) is 24.3 Å². The molecule has 0 spiro atoms. The van der Waals surface area contributed by atoms with Crippen LogP contribution in [0.2, 0.25) is 5.02 Å². The summed E-state index contributed by atoms with van der Waals surface area (Å²) in [6.07, 6.45) is 3.58. The minimum Gasteiger partial charge on any atom is -0.370 e. The number of ether oxygens (including phenoxy) is 1. The van der Waals surface area contributed by atoms with Gasteiger partial charge in [0, 0.05) is 16.8 Å². The van der Waals surface area contributed by atoms with Crippen LogP contribution in [0.3, 0.4) is 0 Å². The molecule has 1 aliphatic heterocycles. The summed E-state index contributed by atoms with van der Waals surface area (Å²) in [7, 11) is 0. The highest BCUT2D eigenvalue weighted by Gasteiger charge is 2.13. The SMILES string of the molecule is O=C(COCC1CCCCN1)Nc1cccc(Cl)c1. The summed E-state index contributed by atoms with van der Waals surface area (Å²) in [5.41, 5.74) is 0.692. The van der Waals surface area contributed by atoms with Crippen molar-refractivity contribution in [3.8, 4) is 0 Å². The Bertz CT molecular complexity index is 420. The van der Waals surface area contributed by atoms with Crippen LogP contribution in [0.25, 0.3) is 0 Å². The van der Waals surface area contributed by atoms with Gasteiger partial charge in [-0.2, -0.15) is 0 Å². The molecule has 1 aliphatic rings. The van der Waals surface area contributed by atoms with Crippen LogP contribution in [0.4, 0.5) is 5.69 Å². The van der Waals surface area contributed by atoms with Gasteiger partial charge in [0.2, 0.25) is 5.91 Å². The lowest BCUT2D eigenvalue weighted by Gasteiger charge is -2.22. The standard InChI is InChI=1S/C14H19ClN2O2/c15-11-4-3-6-12(8-11)17-14(18)10-19-9-13-5-1-2-7-16-13/h3-4,6,8,13,16H,1-2,5,7,9-10H2,(H,17,18). The third kappa shape index (κ3) is 5.19. The first-order chi connectivity index (χ1) is 9.24. The molecule has 0 aliphatic carbocycles. The highest BCUT2D eigenvalue weighted by atomic mass is 35.5. The van der Waals surface area contributed by atoms with E-state index in [2.05, 4.69) is 10.6 Å². The summed E-state index contributed by atoms with van der Waals surface area (Å²) in [6, 6.07) is 7.45. The topological polar surface area (TPSA) is 50.4 Å². The number of benzene rings is 1. The smallest absolute Gasteiger partial charge is 0.250 e. The number of carbonyl (C=O) groups excluding carboxylic acids is 1. The Labute approximate surface area is 118 Å². The summed E-state index contributed by atoms with van der Waals surface area (Å²) >= 11 is 5.84. The average molecular weight is 283 g/mol. The molecule has 0 radical (unpaired) electrons. The monoisotopic (exact) mass is 282 g/mol. The Kier molecular flexibility index (Phi) is 5.63. The van der Waals surface area contributed by atoms with E-state index in [-0.39, 0.29) is 12.5 Å². The fourth-order valence-corrected chi connectivity index (χ4v) is 2.31. The maximum atomic E-state index is 11.7. The van der Waals surface area contributed by atoms with Crippen LogP contribution in [0, 0.1) is 0 Å². The Balaban J connectivity index is 1.67. The summed E-state index contributed by atoms with van der Waals surface area (Å²) in [4.78, 5) is 11.7. The van der Waals surface area contributed by atoms with Crippen molar-refractivity contribution in [1.82, 2.24) is 5.32 Å². The first-order valence-corrected chi connectivity index (χ1v) is 6.98. The minimum atomic E-state index is -0.155. The molecule has 1 aromatic rings. The van der Waals surface area contributed by atoms with Gasteiger partial charge in [-0.1, -0.05) is 24.1 Å². The second kappa shape index (κ2) is 7.48. The fraction of sp³-hybridized carbons (Fsp3) is 0.500. The number of hydrogen-bond acceptors (Lipinski definition) is 3. The molecule has 1 saturated heterocycles. The molecule has 0 bridgehead atoms. The lowest BCUT2D eigenvalue weighted by molar-refractivity contribution is -0.120. The van der Waals surface area contributed by atoms with Gasteiger partial charge in [-0.05, 0) is 37.6 Å². The Hall–Kier alpha value is -1.10. The summed E-state index contributed by atoms with van der Waals surface area (Å²) in [6.45, 7) is 1.70. The second-order valence-electron chi connectivity index (χ2n) is 4.72. The number of anilines is 1. The minimum absolute atomic E-state index is 0.0741. The number of piperidine rings is 1. The number of halogens is 1. The van der Waals surface area contributed by atoms with Crippen LogP contribution < -0.4 is 10.6 Å². The Morgan fingerprint density at radius 2 is 2.37 bits per heavy atom. The predicted octanol–water partition coefficient (Wildman–Crippen LogP) is 2.44. The van der Waals surface area contributed by atoms with Crippen molar-refractivity contribution in [3.63, 3.8) is 0 Å². The first kappa shape index (κ1) is 14.3. The zero-order valence-electron chi connectivity index (χ0n) is 10.8. The van der Waals surface area contributed by atoms with Gasteiger partial charge < -0.3 is 15.4 Å². The molecule has 1 atom stereocenters. The molecule has 0 saturated carbocycles. The third-order valence-corrected chi connectivity index (χ3v) is 3.31. The summed E-state index contributed by atoms with van der Waals surface area (Å²) in [5, 5.41) is 6.73. The van der Waals surface area contributed by atoms with Crippen molar-refractivity contribution in [2.24, 2.45) is 0 Å². The van der Waals surface area contributed by atoms with Crippen molar-refractivity contribution in [2.45, 2.75) is 25.3 Å². The average Bonchev–Trinajstić information content (AvgIpc) is 2.40. The third-order valence-electron chi connectivity index (χ3n) is 3.07. The molecule has 2 N–H and O–H groups in total. The van der Waals surface area contributed by atoms with Crippen molar-refractivity contribution in [3.05, 3.63) is 29.3 Å². The molecule has 1 heterocycles. The molecular weight excluding hydrogens is 264 g/mol. The number of hydrogen-bond donors (Lipinski definition) is 2. The largest absolute Gasteiger partial charge is 0.370 e. The van der Waals surface area contributed by atoms with E-state index in [1.165, 1.54) is 12.8 Å². The van der Waals surface area contributed by atoms with E-state index in [0.717, 1.165) is 13.0 Å². The van der Waals surface area contributed by atoms with Gasteiger partial charge in [0.05, 0.1) is 6.61 Å². The number of amides is 1. The van der Waals surface area contributed by atoms with Crippen molar-refractivity contribution >= 4 is 23.2 Å². The van der Waals surface area contributed by atoms with Gasteiger partial charge >= 0.3 is 0 Å². The Morgan fingerprint density at radius 1 is 1.47 bits per heavy atom. The van der Waals surface area contributed by atoms with Gasteiger partial charge in [-0.3, -0.25) is 4.79 Å². The molecule has 19 heavy (non-hydrogen) atoms. The number of rotatable bonds is 5. The zero-order chi connectivity index (χ0) is 13.5. The molecule has 104 valence electrons. The quantitative estimate of drug-likeness (QED) is 0.872. The summed E-state index contributed by atoms with van der Waals surface area (Å²) in [5.74, 6) is -0.155. The Morgan fingerprint density at radius 3 is 3.11 bits per heavy atom. The van der Waals surface area contributed by atoms with E-state index >= 15 is 0 Å². The lowest BCUT2D eigenvalue weighted by atomic mass is 10.1. The second-order valence-corrected chi connectivity index (χ2v) is 5.16. The molecule has 1 unspecified atom stereocenters. The van der Waals surface area contributed by atoms with Gasteiger partial charge in [0.15, 0.2) is 0 Å². The lowest BCUT2D eigenvalue weighted by Crippen LogP contribution is -2.38. The molecule has 0 aromatic heterocycles. The van der Waals surface area contributed by atoms with E-state index in [0.29, 0.717) is 23.4 Å². The maximum absolute atomic E-state index is 11.7. The number of nitrogens with one attached hydrogen (secondary N) is 2. The van der Waals surface area contributed by atoms with Crippen LogP contribution in [0.5, 0.6) is 0 Å². The van der Waals surface area contributed by atoms with Crippen LogP contribution in [-0.4, -0.2) is 31.7 Å². The highest BCUT2D eigenvalue weighted by Crippen LogP contribution is 2.14. The fourth-order valence-electron chi connectivity index (χ4n) is 2.12. The van der Waals surface area contributed by atoms with E-state index in [4.69, 9.17) is 16.3 Å². The molecule has 4 nitrogen and oxygen atoms in total. The maximum Gasteiger partial charge on any atom is 0.250 e. The van der Waals surface area contributed by atoms with E-state index in [1.807, 2.05) is 0 Å². The van der Waals surface area contributed by atoms with Crippen LogP contribution in [0.1, 0.15) is 19.3 Å². The van der Waals surface area contributed by atoms with Crippen molar-refractivity contribution in [2.75, 3.05) is 25.1 Å². The van der Waals surface area contributed by atoms with E-state index < -0.39 is 0 Å². The van der Waals surface area contributed by atoms with Crippen molar-refractivity contribution < 1.29 is 9.53 Å². The van der Waals surface area contributed by atoms with Gasteiger partial charge in [-0.15, -0.1) is 0 Å². The summed E-state index contributed by atoms with van der Waals surface area (Å²) < 4.78 is 5.43. The molecule has 1 aromatic carbocycles. The van der Waals surface area contributed by atoms with Crippen LogP contribution >= 0.6 is 11.6 Å². The normalized spacial score (nSPS) is 19.1. The molecular formula is C14H19ClN2O2. The van der Waals surface area contributed by atoms with E-state index in [1.54, 1.807) is 24.3 Å². The van der Waals surface area contributed by atoms with Gasteiger partial charge in [0.1, 0.15) is 6.61 Å². The van der Waals surface area contributed by atoms with Crippen LogP contribution in [-0.2, 0) is 9.53 Å². The molecule has 1 amide bonds. The van der Waals surface area contributed by atoms with Crippen molar-refractivity contribution in [1.29, 1.82) is 0 Å². The van der Waals surface area contributed by atoms with Gasteiger partial charge in [-0.25, -0.2) is 0 Å². The number of carbonyl (C=O) groups is 1. The highest BCUT2D eigenvalue weighted by molar-refractivity contribution is 6.30. The van der Waals surface area contributed by atoms with E-state index in [9.17, 15) is 4.79 Å². The molecule has 5 heteroatoms. The van der Waals surface area contributed by atoms with Gasteiger partial charge in [0.25, 0.3) is 0 Å². The predicted molar refractivity (Wildman–Crippen MR) is 76.5 cm³/mol. The first-order valence-electron chi connectivity index (χ1n) is 6.60. The molecule has 2 rings (SSSR count). The zero-order valence-corrected chi connectivity index (χ0v) is 11.6. The molecule has 1 fully saturated rings.